The lowest BCUT2D eigenvalue weighted by molar-refractivity contribution is -0.117. The topological polar surface area (TPSA) is 55.1 Å². The molecule has 1 aliphatic rings. The van der Waals surface area contributed by atoms with E-state index in [1.165, 1.54) is 0 Å². The number of rotatable bonds is 1. The number of amides is 1. The second-order valence-electron chi connectivity index (χ2n) is 3.26. The van der Waals surface area contributed by atoms with Crippen LogP contribution in [0.5, 0.6) is 0 Å². The van der Waals surface area contributed by atoms with Crippen molar-refractivity contribution in [1.82, 2.24) is 0 Å². The number of anilines is 2. The van der Waals surface area contributed by atoms with E-state index in [4.69, 9.17) is 5.73 Å². The molecule has 3 heteroatoms. The molecule has 68 valence electrons. The molecule has 1 unspecified atom stereocenters. The van der Waals surface area contributed by atoms with Gasteiger partial charge in [0, 0.05) is 0 Å². The fraction of sp³-hybridized carbons (Fsp3) is 0.300. The third kappa shape index (κ3) is 1.08. The first-order valence-electron chi connectivity index (χ1n) is 4.43. The molecule has 3 nitrogen and oxygen atoms in total. The van der Waals surface area contributed by atoms with E-state index in [0.29, 0.717) is 5.69 Å². The van der Waals surface area contributed by atoms with Crippen LogP contribution in [-0.2, 0) is 4.79 Å². The summed E-state index contributed by atoms with van der Waals surface area (Å²) in [5.74, 6) is 0.0499. The molecule has 0 radical (unpaired) electrons. The van der Waals surface area contributed by atoms with E-state index in [1.807, 2.05) is 19.1 Å². The lowest BCUT2D eigenvalue weighted by Crippen LogP contribution is -2.10. The van der Waals surface area contributed by atoms with Crippen LogP contribution in [-0.4, -0.2) is 5.91 Å². The average molecular weight is 176 g/mol. The summed E-state index contributed by atoms with van der Waals surface area (Å²) in [4.78, 5) is 11.4. The highest BCUT2D eigenvalue weighted by Crippen LogP contribution is 2.37. The zero-order chi connectivity index (χ0) is 9.42. The van der Waals surface area contributed by atoms with Crippen molar-refractivity contribution in [2.75, 3.05) is 11.1 Å². The van der Waals surface area contributed by atoms with E-state index >= 15 is 0 Å². The molecule has 0 aromatic heterocycles. The molecule has 2 rings (SSSR count). The summed E-state index contributed by atoms with van der Waals surface area (Å²) in [7, 11) is 0. The molecule has 1 aromatic carbocycles. The molecule has 3 N–H and O–H groups in total. The second kappa shape index (κ2) is 2.76. The Bertz CT molecular complexity index is 360. The number of nitrogen functional groups attached to an aromatic ring is 1. The van der Waals surface area contributed by atoms with Crippen molar-refractivity contribution in [1.29, 1.82) is 0 Å². The Hall–Kier alpha value is -1.51. The molecular weight excluding hydrogens is 164 g/mol. The Morgan fingerprint density at radius 1 is 1.54 bits per heavy atom. The van der Waals surface area contributed by atoms with E-state index in [0.717, 1.165) is 17.7 Å². The van der Waals surface area contributed by atoms with Gasteiger partial charge in [-0.25, -0.2) is 0 Å². The van der Waals surface area contributed by atoms with Gasteiger partial charge < -0.3 is 11.1 Å². The predicted octanol–water partition coefficient (Wildman–Crippen LogP) is 1.71. The third-order valence-corrected chi connectivity index (χ3v) is 2.48. The number of nitrogens with one attached hydrogen (secondary N) is 1. The van der Waals surface area contributed by atoms with Crippen LogP contribution < -0.4 is 11.1 Å². The van der Waals surface area contributed by atoms with Crippen molar-refractivity contribution >= 4 is 17.3 Å². The second-order valence-corrected chi connectivity index (χ2v) is 3.26. The zero-order valence-electron chi connectivity index (χ0n) is 7.50. The minimum absolute atomic E-state index is 0.0153. The summed E-state index contributed by atoms with van der Waals surface area (Å²) >= 11 is 0. The van der Waals surface area contributed by atoms with Gasteiger partial charge in [-0.3, -0.25) is 4.79 Å². The number of carbonyl (C=O) groups excluding carboxylic acids is 1. The number of nitrogens with two attached hydrogens (primary N) is 1. The molecule has 0 saturated heterocycles. The molecule has 0 aliphatic carbocycles. The average Bonchev–Trinajstić information content (AvgIpc) is 2.43. The van der Waals surface area contributed by atoms with E-state index < -0.39 is 0 Å². The van der Waals surface area contributed by atoms with Gasteiger partial charge >= 0.3 is 0 Å². The van der Waals surface area contributed by atoms with Crippen LogP contribution in [0.4, 0.5) is 11.4 Å². The molecule has 13 heavy (non-hydrogen) atoms. The molecule has 0 bridgehead atoms. The number of para-hydroxylation sites is 1. The monoisotopic (exact) mass is 176 g/mol. The maximum atomic E-state index is 11.4. The summed E-state index contributed by atoms with van der Waals surface area (Å²) in [5, 5.41) is 2.80. The lowest BCUT2D eigenvalue weighted by atomic mass is 9.98. The van der Waals surface area contributed by atoms with Crippen LogP contribution in [0.25, 0.3) is 0 Å². The minimum atomic E-state index is -0.0153. The highest BCUT2D eigenvalue weighted by atomic mass is 16.2. The normalized spacial score (nSPS) is 19.8. The largest absolute Gasteiger partial charge is 0.397 e. The molecule has 1 aliphatic heterocycles. The molecule has 0 fully saturated rings. The minimum Gasteiger partial charge on any atom is -0.397 e. The summed E-state index contributed by atoms with van der Waals surface area (Å²) in [6.45, 7) is 2.00. The number of benzene rings is 1. The number of hydrogen-bond donors (Lipinski definition) is 2. The third-order valence-electron chi connectivity index (χ3n) is 2.48. The zero-order valence-corrected chi connectivity index (χ0v) is 7.50. The Morgan fingerprint density at radius 2 is 2.31 bits per heavy atom. The Kier molecular flexibility index (Phi) is 1.72. The molecule has 1 heterocycles. The van der Waals surface area contributed by atoms with Crippen molar-refractivity contribution < 1.29 is 4.79 Å². The highest BCUT2D eigenvalue weighted by molar-refractivity contribution is 6.05. The first-order valence-corrected chi connectivity index (χ1v) is 4.43. The van der Waals surface area contributed by atoms with Crippen molar-refractivity contribution in [3.05, 3.63) is 23.8 Å². The van der Waals surface area contributed by atoms with Gasteiger partial charge in [0.1, 0.15) is 0 Å². The van der Waals surface area contributed by atoms with Gasteiger partial charge in [0.15, 0.2) is 0 Å². The quantitative estimate of drug-likeness (QED) is 0.640. The number of hydrogen-bond acceptors (Lipinski definition) is 2. The van der Waals surface area contributed by atoms with Crippen molar-refractivity contribution in [2.45, 2.75) is 19.3 Å². The molecule has 0 saturated carbocycles. The van der Waals surface area contributed by atoms with Gasteiger partial charge in [-0.05, 0) is 18.1 Å². The van der Waals surface area contributed by atoms with Crippen LogP contribution in [0.1, 0.15) is 24.8 Å². The first-order chi connectivity index (χ1) is 6.24. The van der Waals surface area contributed by atoms with Gasteiger partial charge in [-0.1, -0.05) is 19.1 Å². The fourth-order valence-electron chi connectivity index (χ4n) is 1.78. The number of fused-ring (bicyclic) bond motifs is 1. The van der Waals surface area contributed by atoms with E-state index in [-0.39, 0.29) is 11.8 Å². The van der Waals surface area contributed by atoms with Crippen molar-refractivity contribution in [2.24, 2.45) is 0 Å². The molecule has 1 aromatic rings. The summed E-state index contributed by atoms with van der Waals surface area (Å²) in [6.07, 6.45) is 0.822. The van der Waals surface area contributed by atoms with Crippen LogP contribution in [0, 0.1) is 0 Å². The van der Waals surface area contributed by atoms with E-state index in [1.54, 1.807) is 6.07 Å². The lowest BCUT2D eigenvalue weighted by Gasteiger charge is -2.04. The van der Waals surface area contributed by atoms with Gasteiger partial charge in [-0.15, -0.1) is 0 Å². The smallest absolute Gasteiger partial charge is 0.232 e. The highest BCUT2D eigenvalue weighted by Gasteiger charge is 2.29. The van der Waals surface area contributed by atoms with E-state index in [2.05, 4.69) is 5.32 Å². The standard InChI is InChI=1S/C10H12N2O/c1-2-6-7-4-3-5-8(11)9(7)12-10(6)13/h3-6H,2,11H2,1H3,(H,12,13). The maximum Gasteiger partial charge on any atom is 0.232 e. The Balaban J connectivity index is 2.54. The molecule has 1 atom stereocenters. The molecular formula is C10H12N2O. The molecule has 1 amide bonds. The van der Waals surface area contributed by atoms with Crippen LogP contribution >= 0.6 is 0 Å². The molecule has 0 spiro atoms. The predicted molar refractivity (Wildman–Crippen MR) is 52.5 cm³/mol. The summed E-state index contributed by atoms with van der Waals surface area (Å²) in [5.41, 5.74) is 8.23. The van der Waals surface area contributed by atoms with Gasteiger partial charge in [0.2, 0.25) is 5.91 Å². The number of carbonyl (C=O) groups is 1. The van der Waals surface area contributed by atoms with Gasteiger partial charge in [0.05, 0.1) is 17.3 Å². The van der Waals surface area contributed by atoms with Gasteiger partial charge in [0.25, 0.3) is 0 Å². The Morgan fingerprint density at radius 3 is 3.00 bits per heavy atom. The SMILES string of the molecule is CCC1C(=O)Nc2c(N)cccc21. The first kappa shape index (κ1) is 8.10. The van der Waals surface area contributed by atoms with Crippen LogP contribution in [0.3, 0.4) is 0 Å². The van der Waals surface area contributed by atoms with Crippen molar-refractivity contribution in [3.63, 3.8) is 0 Å². The van der Waals surface area contributed by atoms with Crippen molar-refractivity contribution in [3.8, 4) is 0 Å². The van der Waals surface area contributed by atoms with Crippen LogP contribution in [0.2, 0.25) is 0 Å². The summed E-state index contributed by atoms with van der Waals surface area (Å²) < 4.78 is 0. The Labute approximate surface area is 76.9 Å². The van der Waals surface area contributed by atoms with Gasteiger partial charge in [-0.2, -0.15) is 0 Å². The fourth-order valence-corrected chi connectivity index (χ4v) is 1.78. The van der Waals surface area contributed by atoms with E-state index in [9.17, 15) is 4.79 Å². The van der Waals surface area contributed by atoms with Crippen LogP contribution in [0.15, 0.2) is 18.2 Å². The maximum absolute atomic E-state index is 11.4. The summed E-state index contributed by atoms with van der Waals surface area (Å²) in [6, 6.07) is 5.64.